The van der Waals surface area contributed by atoms with Gasteiger partial charge in [-0.3, -0.25) is 9.59 Å². The molecule has 0 bridgehead atoms. The van der Waals surface area contributed by atoms with Crippen molar-refractivity contribution in [1.82, 2.24) is 9.80 Å². The third kappa shape index (κ3) is 3.75. The van der Waals surface area contributed by atoms with Gasteiger partial charge in [0.1, 0.15) is 5.70 Å². The minimum atomic E-state index is -0.249. The van der Waals surface area contributed by atoms with E-state index in [2.05, 4.69) is 16.8 Å². The number of morpholine rings is 1. The number of carbonyl (C=O) groups excluding carboxylic acids is 2. The van der Waals surface area contributed by atoms with Gasteiger partial charge in [-0.05, 0) is 42.8 Å². The summed E-state index contributed by atoms with van der Waals surface area (Å²) in [4.78, 5) is 35.8. The number of ether oxygens (including phenoxy) is 1. The van der Waals surface area contributed by atoms with Crippen LogP contribution in [0.3, 0.4) is 0 Å². The molecular weight excluding hydrogens is 412 g/mol. The summed E-state index contributed by atoms with van der Waals surface area (Å²) in [5, 5.41) is 1.94. The van der Waals surface area contributed by atoms with Crippen LogP contribution in [0.1, 0.15) is 4.88 Å². The van der Waals surface area contributed by atoms with Crippen LogP contribution in [0.4, 0.5) is 11.4 Å². The molecule has 162 valence electrons. The molecule has 0 atom stereocenters. The van der Waals surface area contributed by atoms with Crippen LogP contribution in [-0.4, -0.2) is 81.1 Å². The summed E-state index contributed by atoms with van der Waals surface area (Å²) >= 11 is 1.49. The minimum Gasteiger partial charge on any atom is -0.378 e. The molecule has 4 heterocycles. The first-order valence-electron chi connectivity index (χ1n) is 10.7. The lowest BCUT2D eigenvalue weighted by molar-refractivity contribution is -0.121. The number of carbonyl (C=O) groups is 2. The van der Waals surface area contributed by atoms with Gasteiger partial charge in [-0.15, -0.1) is 11.3 Å². The monoisotopic (exact) mass is 438 g/mol. The minimum absolute atomic E-state index is 0.248. The van der Waals surface area contributed by atoms with Crippen molar-refractivity contribution >= 4 is 40.1 Å². The van der Waals surface area contributed by atoms with E-state index in [1.807, 2.05) is 46.7 Å². The summed E-state index contributed by atoms with van der Waals surface area (Å²) in [6.45, 7) is 6.35. The number of amides is 2. The highest BCUT2D eigenvalue weighted by Gasteiger charge is 2.43. The maximum atomic E-state index is 13.5. The lowest BCUT2D eigenvalue weighted by atomic mass is 10.1. The lowest BCUT2D eigenvalue weighted by Gasteiger charge is -2.34. The molecule has 8 heteroatoms. The summed E-state index contributed by atoms with van der Waals surface area (Å²) in [6.07, 6.45) is 0. The Morgan fingerprint density at radius 1 is 0.806 bits per heavy atom. The van der Waals surface area contributed by atoms with E-state index >= 15 is 0 Å². The molecule has 3 aliphatic rings. The zero-order chi connectivity index (χ0) is 21.4. The van der Waals surface area contributed by atoms with Crippen LogP contribution in [0.15, 0.2) is 47.5 Å². The molecule has 0 N–H and O–H groups in total. The Morgan fingerprint density at radius 3 is 2.13 bits per heavy atom. The lowest BCUT2D eigenvalue weighted by Crippen LogP contribution is -2.44. The summed E-state index contributed by atoms with van der Waals surface area (Å²) in [7, 11) is 2.13. The Labute approximate surface area is 186 Å². The molecule has 0 spiro atoms. The largest absolute Gasteiger partial charge is 0.378 e. The number of piperazine rings is 1. The Hall–Kier alpha value is -2.68. The quantitative estimate of drug-likeness (QED) is 0.682. The molecule has 1 aromatic heterocycles. The van der Waals surface area contributed by atoms with Gasteiger partial charge in [0.05, 0.1) is 24.5 Å². The van der Waals surface area contributed by atoms with Crippen molar-refractivity contribution in [2.24, 2.45) is 0 Å². The van der Waals surface area contributed by atoms with Gasteiger partial charge in [0, 0.05) is 49.8 Å². The SMILES string of the molecule is CN1CCN(c2ccc(N3C(=O)C(c4cccs4)=C(N4CCOCC4)C3=O)cc2)CC1. The fourth-order valence-electron chi connectivity index (χ4n) is 4.35. The third-order valence-electron chi connectivity index (χ3n) is 6.13. The number of anilines is 2. The van der Waals surface area contributed by atoms with Crippen LogP contribution in [0.5, 0.6) is 0 Å². The Bertz CT molecular complexity index is 988. The normalized spacial score (nSPS) is 20.9. The molecule has 1 aromatic carbocycles. The van der Waals surface area contributed by atoms with Crippen LogP contribution in [0.25, 0.3) is 5.57 Å². The van der Waals surface area contributed by atoms with Crippen molar-refractivity contribution in [2.45, 2.75) is 0 Å². The molecule has 5 rings (SSSR count). The van der Waals surface area contributed by atoms with Crippen molar-refractivity contribution in [1.29, 1.82) is 0 Å². The van der Waals surface area contributed by atoms with Crippen LogP contribution in [0, 0.1) is 0 Å². The molecule has 2 saturated heterocycles. The molecular formula is C23H26N4O3S. The van der Waals surface area contributed by atoms with Crippen LogP contribution >= 0.6 is 11.3 Å². The Morgan fingerprint density at radius 2 is 1.48 bits per heavy atom. The highest BCUT2D eigenvalue weighted by atomic mass is 32.1. The van der Waals surface area contributed by atoms with E-state index in [1.165, 1.54) is 16.2 Å². The van der Waals surface area contributed by atoms with Crippen molar-refractivity contribution in [3.8, 4) is 0 Å². The van der Waals surface area contributed by atoms with Crippen molar-refractivity contribution in [3.05, 3.63) is 52.4 Å². The highest BCUT2D eigenvalue weighted by molar-refractivity contribution is 7.11. The van der Waals surface area contributed by atoms with Gasteiger partial charge in [0.15, 0.2) is 0 Å². The summed E-state index contributed by atoms with van der Waals surface area (Å²) < 4.78 is 5.46. The van der Waals surface area contributed by atoms with Crippen LogP contribution in [0.2, 0.25) is 0 Å². The third-order valence-corrected chi connectivity index (χ3v) is 7.02. The summed E-state index contributed by atoms with van der Waals surface area (Å²) in [5.41, 5.74) is 2.74. The first kappa shape index (κ1) is 20.2. The number of nitrogens with zero attached hydrogens (tertiary/aromatic N) is 4. The average Bonchev–Trinajstić information content (AvgIpc) is 3.41. The van der Waals surface area contributed by atoms with Crippen molar-refractivity contribution < 1.29 is 14.3 Å². The van der Waals surface area contributed by atoms with E-state index in [4.69, 9.17) is 4.74 Å². The second kappa shape index (κ2) is 8.45. The van der Waals surface area contributed by atoms with Crippen molar-refractivity contribution in [2.75, 3.05) is 69.3 Å². The number of benzene rings is 1. The van der Waals surface area contributed by atoms with Gasteiger partial charge in [-0.2, -0.15) is 0 Å². The highest BCUT2D eigenvalue weighted by Crippen LogP contribution is 2.37. The van der Waals surface area contributed by atoms with Crippen LogP contribution in [-0.2, 0) is 14.3 Å². The standard InChI is InChI=1S/C23H26N4O3S/c1-24-8-10-25(11-9-24)17-4-6-18(7-5-17)27-22(28)20(19-3-2-16-31-19)21(23(27)29)26-12-14-30-15-13-26/h2-7,16H,8-15H2,1H3. The van der Waals surface area contributed by atoms with Gasteiger partial charge in [-0.25, -0.2) is 4.90 Å². The van der Waals surface area contributed by atoms with E-state index < -0.39 is 0 Å². The van der Waals surface area contributed by atoms with E-state index in [9.17, 15) is 9.59 Å². The topological polar surface area (TPSA) is 56.3 Å². The zero-order valence-electron chi connectivity index (χ0n) is 17.6. The predicted molar refractivity (Wildman–Crippen MR) is 122 cm³/mol. The molecule has 3 aliphatic heterocycles. The first-order chi connectivity index (χ1) is 15.1. The van der Waals surface area contributed by atoms with E-state index in [-0.39, 0.29) is 11.8 Å². The van der Waals surface area contributed by atoms with Gasteiger partial charge in [0.25, 0.3) is 11.8 Å². The summed E-state index contributed by atoms with van der Waals surface area (Å²) in [5.74, 6) is -0.496. The second-order valence-corrected chi connectivity index (χ2v) is 9.00. The Kier molecular flexibility index (Phi) is 5.52. The number of hydrogen-bond donors (Lipinski definition) is 0. The number of imide groups is 1. The fraction of sp³-hybridized carbons (Fsp3) is 0.391. The molecule has 2 amide bonds. The molecule has 31 heavy (non-hydrogen) atoms. The molecule has 2 aromatic rings. The first-order valence-corrected chi connectivity index (χ1v) is 11.5. The predicted octanol–water partition coefficient (Wildman–Crippen LogP) is 2.12. The van der Waals surface area contributed by atoms with Gasteiger partial charge < -0.3 is 19.4 Å². The van der Waals surface area contributed by atoms with E-state index in [0.29, 0.717) is 43.3 Å². The fourth-order valence-corrected chi connectivity index (χ4v) is 5.12. The molecule has 0 saturated carbocycles. The zero-order valence-corrected chi connectivity index (χ0v) is 18.4. The number of likely N-dealkylation sites (N-methyl/N-ethyl adjacent to an activating group) is 1. The molecule has 7 nitrogen and oxygen atoms in total. The number of rotatable bonds is 4. The molecule has 0 unspecified atom stereocenters. The van der Waals surface area contributed by atoms with Crippen LogP contribution < -0.4 is 9.80 Å². The number of hydrogen-bond acceptors (Lipinski definition) is 7. The molecule has 0 radical (unpaired) electrons. The smallest absolute Gasteiger partial charge is 0.282 e. The van der Waals surface area contributed by atoms with Gasteiger partial charge >= 0.3 is 0 Å². The molecule has 2 fully saturated rings. The van der Waals surface area contributed by atoms with Crippen molar-refractivity contribution in [3.63, 3.8) is 0 Å². The maximum absolute atomic E-state index is 13.5. The number of thiophene rings is 1. The second-order valence-electron chi connectivity index (χ2n) is 8.05. The Balaban J connectivity index is 1.44. The maximum Gasteiger partial charge on any atom is 0.282 e. The average molecular weight is 439 g/mol. The van der Waals surface area contributed by atoms with Gasteiger partial charge in [0.2, 0.25) is 0 Å². The molecule has 0 aliphatic carbocycles. The van der Waals surface area contributed by atoms with E-state index in [1.54, 1.807) is 0 Å². The van der Waals surface area contributed by atoms with Gasteiger partial charge in [-0.1, -0.05) is 6.07 Å². The summed E-state index contributed by atoms with van der Waals surface area (Å²) in [6, 6.07) is 11.6. The van der Waals surface area contributed by atoms with E-state index in [0.717, 1.165) is 36.7 Å².